The molecule has 0 fully saturated rings. The molecule has 0 bridgehead atoms. The van der Waals surface area contributed by atoms with Crippen LogP contribution in [0.1, 0.15) is 36.8 Å². The van der Waals surface area contributed by atoms with Crippen molar-refractivity contribution in [3.8, 4) is 11.3 Å². The third kappa shape index (κ3) is 3.68. The first-order valence-corrected chi connectivity index (χ1v) is 8.60. The molecule has 1 N–H and O–H groups in total. The van der Waals surface area contributed by atoms with Gasteiger partial charge >= 0.3 is 0 Å². The Hall–Kier alpha value is -2.53. The minimum atomic E-state index is -0.250. The van der Waals surface area contributed by atoms with Crippen molar-refractivity contribution >= 4 is 22.4 Å². The largest absolute Gasteiger partial charge is 0.296 e. The Labute approximate surface area is 145 Å². The number of amides is 1. The van der Waals surface area contributed by atoms with Crippen LogP contribution in [0.5, 0.6) is 0 Å². The Morgan fingerprint density at radius 2 is 1.83 bits per heavy atom. The third-order valence-electron chi connectivity index (χ3n) is 3.67. The number of pyridine rings is 1. The molecule has 24 heavy (non-hydrogen) atoms. The molecular formula is C19H19N3OS. The number of hydrogen-bond donors (Lipinski definition) is 1. The lowest BCUT2D eigenvalue weighted by Gasteiger charge is -2.18. The van der Waals surface area contributed by atoms with Gasteiger partial charge in [-0.15, -0.1) is 11.3 Å². The number of carbonyl (C=O) groups excluding carboxylic acids is 1. The van der Waals surface area contributed by atoms with Crippen LogP contribution >= 0.6 is 11.3 Å². The smallest absolute Gasteiger partial charge is 0.276 e. The van der Waals surface area contributed by atoms with E-state index in [0.717, 1.165) is 11.3 Å². The van der Waals surface area contributed by atoms with E-state index in [-0.39, 0.29) is 11.3 Å². The Morgan fingerprint density at radius 1 is 1.08 bits per heavy atom. The SMILES string of the molecule is CC(C)(C)c1ccc(-c2csc(NC(=O)c3ccccn3)n2)cc1. The van der Waals surface area contributed by atoms with Gasteiger partial charge in [0.05, 0.1) is 5.69 Å². The normalized spacial score (nSPS) is 11.3. The number of anilines is 1. The van der Waals surface area contributed by atoms with Crippen molar-refractivity contribution < 1.29 is 4.79 Å². The first kappa shape index (κ1) is 16.3. The third-order valence-corrected chi connectivity index (χ3v) is 4.43. The fourth-order valence-electron chi connectivity index (χ4n) is 2.26. The van der Waals surface area contributed by atoms with Crippen LogP contribution in [-0.4, -0.2) is 15.9 Å². The molecule has 5 heteroatoms. The monoisotopic (exact) mass is 337 g/mol. The standard InChI is InChI=1S/C19H19N3OS/c1-19(2,3)14-9-7-13(8-10-14)16-12-24-18(21-16)22-17(23)15-6-4-5-11-20-15/h4-12H,1-3H3,(H,21,22,23). The fourth-order valence-corrected chi connectivity index (χ4v) is 2.98. The second-order valence-electron chi connectivity index (χ2n) is 6.53. The molecule has 4 nitrogen and oxygen atoms in total. The number of thiazole rings is 1. The molecule has 3 aromatic rings. The van der Waals surface area contributed by atoms with Gasteiger partial charge in [0.15, 0.2) is 5.13 Å². The van der Waals surface area contributed by atoms with E-state index in [4.69, 9.17) is 0 Å². The Morgan fingerprint density at radius 3 is 2.46 bits per heavy atom. The maximum absolute atomic E-state index is 12.1. The number of nitrogens with one attached hydrogen (secondary N) is 1. The van der Waals surface area contributed by atoms with Gasteiger partial charge in [0.25, 0.3) is 5.91 Å². The van der Waals surface area contributed by atoms with Crippen molar-refractivity contribution in [3.63, 3.8) is 0 Å². The highest BCUT2D eigenvalue weighted by atomic mass is 32.1. The lowest BCUT2D eigenvalue weighted by atomic mass is 9.86. The highest BCUT2D eigenvalue weighted by molar-refractivity contribution is 7.14. The number of aromatic nitrogens is 2. The van der Waals surface area contributed by atoms with Crippen molar-refractivity contribution in [2.24, 2.45) is 0 Å². The minimum Gasteiger partial charge on any atom is -0.296 e. The van der Waals surface area contributed by atoms with Gasteiger partial charge in [0, 0.05) is 17.1 Å². The summed E-state index contributed by atoms with van der Waals surface area (Å²) in [7, 11) is 0. The molecule has 2 heterocycles. The van der Waals surface area contributed by atoms with Crippen LogP contribution in [0.25, 0.3) is 11.3 Å². The van der Waals surface area contributed by atoms with E-state index in [9.17, 15) is 4.79 Å². The summed E-state index contributed by atoms with van der Waals surface area (Å²) in [6, 6.07) is 13.6. The van der Waals surface area contributed by atoms with Crippen molar-refractivity contribution in [2.45, 2.75) is 26.2 Å². The van der Waals surface area contributed by atoms with Gasteiger partial charge in [-0.3, -0.25) is 15.1 Å². The van der Waals surface area contributed by atoms with E-state index in [2.05, 4.69) is 60.3 Å². The van der Waals surface area contributed by atoms with Crippen LogP contribution < -0.4 is 5.32 Å². The van der Waals surface area contributed by atoms with Gasteiger partial charge in [0.2, 0.25) is 0 Å². The Balaban J connectivity index is 1.75. The molecule has 0 atom stereocenters. The van der Waals surface area contributed by atoms with Gasteiger partial charge in [-0.2, -0.15) is 0 Å². The molecule has 0 aliphatic heterocycles. The molecule has 0 aliphatic carbocycles. The first-order chi connectivity index (χ1) is 11.4. The molecule has 1 aromatic carbocycles. The highest BCUT2D eigenvalue weighted by Gasteiger charge is 2.14. The van der Waals surface area contributed by atoms with Gasteiger partial charge in [-0.1, -0.05) is 51.1 Å². The number of nitrogens with zero attached hydrogens (tertiary/aromatic N) is 2. The number of benzene rings is 1. The highest BCUT2D eigenvalue weighted by Crippen LogP contribution is 2.28. The molecule has 1 amide bonds. The summed E-state index contributed by atoms with van der Waals surface area (Å²) in [4.78, 5) is 20.6. The molecule has 0 unspecified atom stereocenters. The second kappa shape index (κ2) is 6.53. The topological polar surface area (TPSA) is 54.9 Å². The lowest BCUT2D eigenvalue weighted by molar-refractivity contribution is 0.102. The van der Waals surface area contributed by atoms with Crippen LogP contribution in [0, 0.1) is 0 Å². The Kier molecular flexibility index (Phi) is 4.44. The van der Waals surface area contributed by atoms with Gasteiger partial charge in [-0.25, -0.2) is 4.98 Å². The molecule has 122 valence electrons. The summed E-state index contributed by atoms with van der Waals surface area (Å²) in [6.07, 6.45) is 1.60. The molecule has 0 saturated heterocycles. The van der Waals surface area contributed by atoms with Crippen LogP contribution in [0.2, 0.25) is 0 Å². The van der Waals surface area contributed by atoms with E-state index in [1.807, 2.05) is 5.38 Å². The predicted octanol–water partition coefficient (Wildman–Crippen LogP) is 4.75. The molecular weight excluding hydrogens is 318 g/mol. The predicted molar refractivity (Wildman–Crippen MR) is 98.4 cm³/mol. The number of hydrogen-bond acceptors (Lipinski definition) is 4. The maximum atomic E-state index is 12.1. The maximum Gasteiger partial charge on any atom is 0.276 e. The van der Waals surface area contributed by atoms with E-state index in [1.165, 1.54) is 16.9 Å². The van der Waals surface area contributed by atoms with Crippen molar-refractivity contribution in [1.29, 1.82) is 0 Å². The quantitative estimate of drug-likeness (QED) is 0.750. The zero-order valence-electron chi connectivity index (χ0n) is 13.9. The van der Waals surface area contributed by atoms with Gasteiger partial charge in [0.1, 0.15) is 5.69 Å². The summed E-state index contributed by atoms with van der Waals surface area (Å²) >= 11 is 1.41. The van der Waals surface area contributed by atoms with Crippen LogP contribution in [0.15, 0.2) is 54.0 Å². The summed E-state index contributed by atoms with van der Waals surface area (Å²) in [5.41, 5.74) is 3.69. The molecule has 2 aromatic heterocycles. The van der Waals surface area contributed by atoms with E-state index < -0.39 is 0 Å². The number of carbonyl (C=O) groups is 1. The lowest BCUT2D eigenvalue weighted by Crippen LogP contribution is -2.13. The zero-order chi connectivity index (χ0) is 17.2. The molecule has 0 spiro atoms. The summed E-state index contributed by atoms with van der Waals surface area (Å²) in [5, 5.41) is 5.30. The van der Waals surface area contributed by atoms with Crippen LogP contribution in [0.4, 0.5) is 5.13 Å². The van der Waals surface area contributed by atoms with E-state index in [1.54, 1.807) is 24.4 Å². The van der Waals surface area contributed by atoms with Crippen molar-refractivity contribution in [3.05, 3.63) is 65.3 Å². The van der Waals surface area contributed by atoms with Crippen LogP contribution in [0.3, 0.4) is 0 Å². The molecule has 0 radical (unpaired) electrons. The fraction of sp³-hybridized carbons (Fsp3) is 0.211. The zero-order valence-corrected chi connectivity index (χ0v) is 14.7. The van der Waals surface area contributed by atoms with E-state index in [0.29, 0.717) is 10.8 Å². The van der Waals surface area contributed by atoms with Crippen LogP contribution in [-0.2, 0) is 5.41 Å². The van der Waals surface area contributed by atoms with E-state index >= 15 is 0 Å². The molecule has 0 aliphatic rings. The minimum absolute atomic E-state index is 0.127. The summed E-state index contributed by atoms with van der Waals surface area (Å²) in [6.45, 7) is 6.57. The average Bonchev–Trinajstić information content (AvgIpc) is 3.03. The second-order valence-corrected chi connectivity index (χ2v) is 7.39. The summed E-state index contributed by atoms with van der Waals surface area (Å²) < 4.78 is 0. The molecule has 0 saturated carbocycles. The van der Waals surface area contributed by atoms with Crippen molar-refractivity contribution in [1.82, 2.24) is 9.97 Å². The summed E-state index contributed by atoms with van der Waals surface area (Å²) in [5.74, 6) is -0.250. The first-order valence-electron chi connectivity index (χ1n) is 7.72. The Bertz CT molecular complexity index is 833. The van der Waals surface area contributed by atoms with Gasteiger partial charge in [-0.05, 0) is 23.1 Å². The van der Waals surface area contributed by atoms with Crippen molar-refractivity contribution in [2.75, 3.05) is 5.32 Å². The molecule has 3 rings (SSSR count). The average molecular weight is 337 g/mol. The van der Waals surface area contributed by atoms with Gasteiger partial charge < -0.3 is 0 Å². The number of rotatable bonds is 3.